The average molecular weight is 349 g/mol. The smallest absolute Gasteiger partial charge is 0.266 e. The van der Waals surface area contributed by atoms with Gasteiger partial charge in [0.1, 0.15) is 17.4 Å². The molecule has 24 heavy (non-hydrogen) atoms. The molecule has 1 unspecified atom stereocenters. The van der Waals surface area contributed by atoms with Crippen LogP contribution in [0.1, 0.15) is 38.3 Å². The van der Waals surface area contributed by atoms with Crippen molar-refractivity contribution in [2.75, 3.05) is 12.4 Å². The molecule has 7 heteroatoms. The van der Waals surface area contributed by atoms with Crippen molar-refractivity contribution >= 4 is 22.4 Å². The monoisotopic (exact) mass is 349 g/mol. The number of carbonyl (C=O) groups excluding carboxylic acids is 1. The number of methoxy groups -OCH3 is 1. The second-order valence-corrected chi connectivity index (χ2v) is 7.52. The van der Waals surface area contributed by atoms with Crippen molar-refractivity contribution in [2.24, 2.45) is 0 Å². The second-order valence-electron chi connectivity index (χ2n) is 6.46. The third-order valence-corrected chi connectivity index (χ3v) is 4.18. The fourth-order valence-electron chi connectivity index (χ4n) is 1.98. The molecule has 0 aliphatic carbocycles. The number of rotatable bonds is 6. The molecule has 0 aliphatic rings. The van der Waals surface area contributed by atoms with Crippen LogP contribution in [-0.2, 0) is 21.6 Å². The Morgan fingerprint density at radius 2 is 1.92 bits per heavy atom. The largest absolute Gasteiger partial charge is 0.481 e. The van der Waals surface area contributed by atoms with Gasteiger partial charge in [-0.15, -0.1) is 10.2 Å². The summed E-state index contributed by atoms with van der Waals surface area (Å²) in [5, 5.41) is 11.7. The fourth-order valence-corrected chi connectivity index (χ4v) is 2.70. The predicted octanol–water partition coefficient (Wildman–Crippen LogP) is 3.39. The van der Waals surface area contributed by atoms with E-state index in [4.69, 9.17) is 9.47 Å². The number of hydrogen-bond donors (Lipinski definition) is 1. The number of nitrogens with one attached hydrogen (secondary N) is 1. The Bertz CT molecular complexity index is 677. The molecule has 0 fully saturated rings. The highest BCUT2D eigenvalue weighted by Crippen LogP contribution is 2.25. The van der Waals surface area contributed by atoms with E-state index in [1.54, 1.807) is 14.0 Å². The Balaban J connectivity index is 1.93. The van der Waals surface area contributed by atoms with Crippen molar-refractivity contribution in [2.45, 2.75) is 45.8 Å². The normalized spacial score (nSPS) is 12.7. The summed E-state index contributed by atoms with van der Waals surface area (Å²) in [4.78, 5) is 12.2. The van der Waals surface area contributed by atoms with Gasteiger partial charge in [0.2, 0.25) is 5.13 Å². The third-order valence-electron chi connectivity index (χ3n) is 3.37. The first-order valence-electron chi connectivity index (χ1n) is 7.69. The summed E-state index contributed by atoms with van der Waals surface area (Å²) in [5.41, 5.74) is 1.30. The van der Waals surface area contributed by atoms with Gasteiger partial charge in [0.05, 0.1) is 0 Å². The van der Waals surface area contributed by atoms with E-state index in [0.717, 1.165) is 0 Å². The number of hydrogen-bond acceptors (Lipinski definition) is 6. The van der Waals surface area contributed by atoms with E-state index in [9.17, 15) is 4.79 Å². The number of aromatic nitrogens is 2. The van der Waals surface area contributed by atoms with Gasteiger partial charge in [0.15, 0.2) is 6.10 Å². The highest BCUT2D eigenvalue weighted by molar-refractivity contribution is 7.15. The predicted molar refractivity (Wildman–Crippen MR) is 94.5 cm³/mol. The van der Waals surface area contributed by atoms with Gasteiger partial charge >= 0.3 is 0 Å². The van der Waals surface area contributed by atoms with E-state index in [1.807, 2.05) is 24.3 Å². The number of benzene rings is 1. The van der Waals surface area contributed by atoms with Crippen LogP contribution in [0.15, 0.2) is 24.3 Å². The molecule has 2 aromatic rings. The number of anilines is 1. The van der Waals surface area contributed by atoms with Crippen molar-refractivity contribution in [3.8, 4) is 5.75 Å². The molecule has 1 aromatic heterocycles. The van der Waals surface area contributed by atoms with Gasteiger partial charge in [-0.3, -0.25) is 10.1 Å². The molecule has 6 nitrogen and oxygen atoms in total. The van der Waals surface area contributed by atoms with Crippen LogP contribution in [0.3, 0.4) is 0 Å². The average Bonchev–Trinajstić information content (AvgIpc) is 2.94. The van der Waals surface area contributed by atoms with E-state index >= 15 is 0 Å². The molecule has 0 aliphatic heterocycles. The molecule has 130 valence electrons. The van der Waals surface area contributed by atoms with E-state index in [-0.39, 0.29) is 11.3 Å². The highest BCUT2D eigenvalue weighted by Gasteiger charge is 2.18. The van der Waals surface area contributed by atoms with E-state index in [1.165, 1.54) is 16.9 Å². The molecular formula is C17H23N3O3S. The summed E-state index contributed by atoms with van der Waals surface area (Å²) in [6, 6.07) is 7.79. The number of nitrogens with zero attached hydrogens (tertiary/aromatic N) is 2. The standard InChI is InChI=1S/C17H23N3O3S/c1-11(15(21)18-16-20-19-14(24-16)10-22-5)23-13-8-6-12(7-9-13)17(2,3)4/h6-9,11H,10H2,1-5H3,(H,18,20,21). The maximum atomic E-state index is 12.2. The van der Waals surface area contributed by atoms with Crippen LogP contribution in [0.2, 0.25) is 0 Å². The quantitative estimate of drug-likeness (QED) is 0.865. The summed E-state index contributed by atoms with van der Waals surface area (Å²) in [5.74, 6) is 0.387. The maximum absolute atomic E-state index is 12.2. The molecule has 1 atom stereocenters. The van der Waals surface area contributed by atoms with Crippen LogP contribution in [0, 0.1) is 0 Å². The molecule has 1 N–H and O–H groups in total. The lowest BCUT2D eigenvalue weighted by Crippen LogP contribution is -2.30. The topological polar surface area (TPSA) is 73.3 Å². The fraction of sp³-hybridized carbons (Fsp3) is 0.471. The van der Waals surface area contributed by atoms with Crippen LogP contribution in [0.5, 0.6) is 5.75 Å². The first kappa shape index (κ1) is 18.4. The zero-order valence-electron chi connectivity index (χ0n) is 14.6. The Labute approximate surface area is 146 Å². The van der Waals surface area contributed by atoms with Gasteiger partial charge in [-0.05, 0) is 30.0 Å². The van der Waals surface area contributed by atoms with Crippen molar-refractivity contribution in [3.05, 3.63) is 34.8 Å². The van der Waals surface area contributed by atoms with Crippen LogP contribution in [0.4, 0.5) is 5.13 Å². The van der Waals surface area contributed by atoms with Crippen molar-refractivity contribution in [1.29, 1.82) is 0 Å². The summed E-state index contributed by atoms with van der Waals surface area (Å²) in [7, 11) is 1.58. The SMILES string of the molecule is COCc1nnc(NC(=O)C(C)Oc2ccc(C(C)(C)C)cc2)s1. The first-order valence-corrected chi connectivity index (χ1v) is 8.50. The molecule has 0 radical (unpaired) electrons. The molecule has 0 saturated carbocycles. The molecule has 1 aromatic carbocycles. The minimum Gasteiger partial charge on any atom is -0.481 e. The van der Waals surface area contributed by atoms with Gasteiger partial charge in [-0.2, -0.15) is 0 Å². The molecule has 0 saturated heterocycles. The lowest BCUT2D eigenvalue weighted by atomic mass is 9.87. The van der Waals surface area contributed by atoms with Crippen molar-refractivity contribution in [3.63, 3.8) is 0 Å². The maximum Gasteiger partial charge on any atom is 0.266 e. The zero-order chi connectivity index (χ0) is 17.7. The van der Waals surface area contributed by atoms with Crippen LogP contribution < -0.4 is 10.1 Å². The molecular weight excluding hydrogens is 326 g/mol. The Morgan fingerprint density at radius 1 is 1.25 bits per heavy atom. The number of carbonyl (C=O) groups is 1. The first-order chi connectivity index (χ1) is 11.3. The van der Waals surface area contributed by atoms with Crippen LogP contribution in [-0.4, -0.2) is 29.3 Å². The van der Waals surface area contributed by atoms with E-state index < -0.39 is 6.10 Å². The summed E-state index contributed by atoms with van der Waals surface area (Å²) in [6.45, 7) is 8.53. The van der Waals surface area contributed by atoms with Gasteiger partial charge in [-0.25, -0.2) is 0 Å². The summed E-state index contributed by atoms with van der Waals surface area (Å²) < 4.78 is 10.7. The number of amides is 1. The zero-order valence-corrected chi connectivity index (χ0v) is 15.4. The van der Waals surface area contributed by atoms with Crippen LogP contribution in [0.25, 0.3) is 0 Å². The van der Waals surface area contributed by atoms with Crippen molar-refractivity contribution in [1.82, 2.24) is 10.2 Å². The molecule has 0 spiro atoms. The Morgan fingerprint density at radius 3 is 2.50 bits per heavy atom. The lowest BCUT2D eigenvalue weighted by molar-refractivity contribution is -0.122. The van der Waals surface area contributed by atoms with Crippen molar-refractivity contribution < 1.29 is 14.3 Å². The molecule has 1 heterocycles. The van der Waals surface area contributed by atoms with Gasteiger partial charge in [-0.1, -0.05) is 44.2 Å². The lowest BCUT2D eigenvalue weighted by Gasteiger charge is -2.20. The molecule has 1 amide bonds. The molecule has 2 rings (SSSR count). The van der Waals surface area contributed by atoms with E-state index in [2.05, 4.69) is 36.3 Å². The highest BCUT2D eigenvalue weighted by atomic mass is 32.1. The Kier molecular flexibility index (Phi) is 5.90. The van der Waals surface area contributed by atoms with Crippen LogP contribution >= 0.6 is 11.3 Å². The molecule has 0 bridgehead atoms. The Hall–Kier alpha value is -1.99. The van der Waals surface area contributed by atoms with E-state index in [0.29, 0.717) is 22.5 Å². The summed E-state index contributed by atoms with van der Waals surface area (Å²) >= 11 is 1.28. The van der Waals surface area contributed by atoms with Gasteiger partial charge < -0.3 is 9.47 Å². The number of ether oxygens (including phenoxy) is 2. The minimum absolute atomic E-state index is 0.0826. The van der Waals surface area contributed by atoms with Gasteiger partial charge in [0, 0.05) is 7.11 Å². The minimum atomic E-state index is -0.639. The third kappa shape index (κ3) is 5.01. The summed E-state index contributed by atoms with van der Waals surface area (Å²) in [6.07, 6.45) is -0.639. The van der Waals surface area contributed by atoms with Gasteiger partial charge in [0.25, 0.3) is 5.91 Å². The second kappa shape index (κ2) is 7.72.